The molecule has 2 aliphatic rings. The Morgan fingerprint density at radius 2 is 2.03 bits per heavy atom. The molecule has 6 heteroatoms. The van der Waals surface area contributed by atoms with Crippen molar-refractivity contribution in [2.45, 2.75) is 26.3 Å². The number of carbonyl (C=O) groups excluding carboxylic acids is 1. The summed E-state index contributed by atoms with van der Waals surface area (Å²) in [7, 11) is 0. The Kier molecular flexibility index (Phi) is 5.72. The van der Waals surface area contributed by atoms with Crippen molar-refractivity contribution in [1.82, 2.24) is 20.1 Å². The molecule has 29 heavy (non-hydrogen) atoms. The predicted octanol–water partition coefficient (Wildman–Crippen LogP) is 2.76. The van der Waals surface area contributed by atoms with Gasteiger partial charge in [-0.2, -0.15) is 0 Å². The predicted molar refractivity (Wildman–Crippen MR) is 115 cm³/mol. The fourth-order valence-corrected chi connectivity index (χ4v) is 5.05. The van der Waals surface area contributed by atoms with Gasteiger partial charge in [0.15, 0.2) is 0 Å². The van der Waals surface area contributed by atoms with E-state index in [1.165, 1.54) is 5.56 Å². The van der Waals surface area contributed by atoms with E-state index in [-0.39, 0.29) is 11.4 Å². The summed E-state index contributed by atoms with van der Waals surface area (Å²) in [5.74, 6) is 1.11. The van der Waals surface area contributed by atoms with Crippen molar-refractivity contribution in [2.75, 3.05) is 38.5 Å². The van der Waals surface area contributed by atoms with Gasteiger partial charge in [-0.3, -0.25) is 4.90 Å². The van der Waals surface area contributed by atoms with Crippen molar-refractivity contribution < 1.29 is 4.79 Å². The third-order valence-electron chi connectivity index (χ3n) is 6.52. The highest BCUT2D eigenvalue weighted by Crippen LogP contribution is 2.46. The van der Waals surface area contributed by atoms with Crippen LogP contribution >= 0.6 is 0 Å². The standard InChI is InChI=1S/C23H31N5O/c1-2-25-22(29)28-15-20-14-27(13-19-9-6-12-26-21(19)24)16-23(20,17-28)11-10-18-7-4-3-5-8-18/h3-9,12,20H,2,10-11,13-17H2,1H3,(H2,24,26)(H,25,29). The van der Waals surface area contributed by atoms with Crippen molar-refractivity contribution in [2.24, 2.45) is 11.3 Å². The Morgan fingerprint density at radius 3 is 2.79 bits per heavy atom. The van der Waals surface area contributed by atoms with Crippen LogP contribution in [0, 0.1) is 11.3 Å². The number of nitrogens with one attached hydrogen (secondary N) is 1. The number of nitrogens with two attached hydrogens (primary N) is 1. The summed E-state index contributed by atoms with van der Waals surface area (Å²) in [5, 5.41) is 2.97. The molecule has 2 atom stereocenters. The number of anilines is 1. The van der Waals surface area contributed by atoms with E-state index in [4.69, 9.17) is 5.73 Å². The summed E-state index contributed by atoms with van der Waals surface area (Å²) < 4.78 is 0. The molecule has 0 saturated carbocycles. The average molecular weight is 394 g/mol. The van der Waals surface area contributed by atoms with Crippen LogP contribution in [-0.4, -0.2) is 53.5 Å². The molecular weight excluding hydrogens is 362 g/mol. The maximum Gasteiger partial charge on any atom is 0.317 e. The number of urea groups is 1. The van der Waals surface area contributed by atoms with E-state index in [1.807, 2.05) is 17.9 Å². The third-order valence-corrected chi connectivity index (χ3v) is 6.52. The Hall–Kier alpha value is -2.60. The second-order valence-electron chi connectivity index (χ2n) is 8.48. The summed E-state index contributed by atoms with van der Waals surface area (Å²) in [5.41, 5.74) is 8.67. The molecule has 3 N–H and O–H groups in total. The topological polar surface area (TPSA) is 74.5 Å². The van der Waals surface area contributed by atoms with Crippen LogP contribution in [0.1, 0.15) is 24.5 Å². The van der Waals surface area contributed by atoms with E-state index in [0.717, 1.165) is 51.1 Å². The summed E-state index contributed by atoms with van der Waals surface area (Å²) >= 11 is 0. The van der Waals surface area contributed by atoms with Crippen LogP contribution in [0.3, 0.4) is 0 Å². The first-order chi connectivity index (χ1) is 14.1. The SMILES string of the molecule is CCNC(=O)N1CC2CN(Cc3cccnc3N)CC2(CCc2ccccc2)C1. The summed E-state index contributed by atoms with van der Waals surface area (Å²) in [4.78, 5) is 21.2. The van der Waals surface area contributed by atoms with Gasteiger partial charge in [-0.1, -0.05) is 36.4 Å². The van der Waals surface area contributed by atoms with Crippen molar-refractivity contribution in [3.05, 3.63) is 59.8 Å². The number of likely N-dealkylation sites (tertiary alicyclic amines) is 2. The Morgan fingerprint density at radius 1 is 1.21 bits per heavy atom. The Labute approximate surface area is 173 Å². The Balaban J connectivity index is 1.49. The summed E-state index contributed by atoms with van der Waals surface area (Å²) in [6.07, 6.45) is 3.88. The van der Waals surface area contributed by atoms with Crippen LogP contribution < -0.4 is 11.1 Å². The lowest BCUT2D eigenvalue weighted by Crippen LogP contribution is -2.42. The smallest absolute Gasteiger partial charge is 0.317 e. The molecule has 0 radical (unpaired) electrons. The van der Waals surface area contributed by atoms with Crippen LogP contribution in [0.5, 0.6) is 0 Å². The minimum Gasteiger partial charge on any atom is -0.383 e. The highest BCUT2D eigenvalue weighted by Gasteiger charge is 2.52. The van der Waals surface area contributed by atoms with E-state index >= 15 is 0 Å². The third kappa shape index (κ3) is 4.22. The zero-order chi connectivity index (χ0) is 20.3. The molecule has 2 fully saturated rings. The highest BCUT2D eigenvalue weighted by atomic mass is 16.2. The molecule has 154 valence electrons. The number of amides is 2. The van der Waals surface area contributed by atoms with Gasteiger partial charge in [-0.15, -0.1) is 0 Å². The van der Waals surface area contributed by atoms with Gasteiger partial charge >= 0.3 is 6.03 Å². The van der Waals surface area contributed by atoms with Crippen molar-refractivity contribution in [3.63, 3.8) is 0 Å². The summed E-state index contributed by atoms with van der Waals surface area (Å²) in [6.45, 7) is 7.12. The lowest BCUT2D eigenvalue weighted by molar-refractivity contribution is 0.183. The second kappa shape index (κ2) is 8.41. The number of nitrogen functional groups attached to an aromatic ring is 1. The van der Waals surface area contributed by atoms with Crippen LogP contribution in [0.4, 0.5) is 10.6 Å². The molecule has 3 heterocycles. The zero-order valence-electron chi connectivity index (χ0n) is 17.2. The number of fused-ring (bicyclic) bond motifs is 1. The number of hydrogen-bond acceptors (Lipinski definition) is 4. The number of hydrogen-bond donors (Lipinski definition) is 2. The molecule has 2 aliphatic heterocycles. The molecule has 0 spiro atoms. The molecule has 6 nitrogen and oxygen atoms in total. The number of nitrogens with zero attached hydrogens (tertiary/aromatic N) is 3. The quantitative estimate of drug-likeness (QED) is 0.791. The van der Waals surface area contributed by atoms with Crippen LogP contribution in [-0.2, 0) is 13.0 Å². The van der Waals surface area contributed by atoms with Crippen LogP contribution in [0.2, 0.25) is 0 Å². The van der Waals surface area contributed by atoms with Gasteiger partial charge in [0, 0.05) is 56.4 Å². The normalized spacial score (nSPS) is 23.9. The highest BCUT2D eigenvalue weighted by molar-refractivity contribution is 5.74. The first-order valence-corrected chi connectivity index (χ1v) is 10.6. The van der Waals surface area contributed by atoms with Gasteiger partial charge in [0.1, 0.15) is 5.82 Å². The van der Waals surface area contributed by atoms with Crippen LogP contribution in [0.15, 0.2) is 48.7 Å². The molecule has 0 aliphatic carbocycles. The van der Waals surface area contributed by atoms with Gasteiger partial charge in [0.2, 0.25) is 0 Å². The first kappa shape index (κ1) is 19.7. The molecule has 1 aromatic carbocycles. The van der Waals surface area contributed by atoms with E-state index in [9.17, 15) is 4.79 Å². The van der Waals surface area contributed by atoms with Crippen molar-refractivity contribution in [3.8, 4) is 0 Å². The van der Waals surface area contributed by atoms with Crippen molar-refractivity contribution in [1.29, 1.82) is 0 Å². The lowest BCUT2D eigenvalue weighted by atomic mass is 9.76. The number of aromatic nitrogens is 1. The van der Waals surface area contributed by atoms with E-state index < -0.39 is 0 Å². The minimum atomic E-state index is 0.0732. The number of carbonyl (C=O) groups is 1. The van der Waals surface area contributed by atoms with Crippen molar-refractivity contribution >= 4 is 11.8 Å². The molecule has 2 saturated heterocycles. The molecule has 1 aromatic heterocycles. The number of benzene rings is 1. The van der Waals surface area contributed by atoms with E-state index in [1.54, 1.807) is 6.20 Å². The van der Waals surface area contributed by atoms with Gasteiger partial charge in [0.05, 0.1) is 0 Å². The van der Waals surface area contributed by atoms with E-state index in [2.05, 4.69) is 51.6 Å². The number of rotatable bonds is 6. The maximum absolute atomic E-state index is 12.5. The van der Waals surface area contributed by atoms with Gasteiger partial charge in [-0.25, -0.2) is 9.78 Å². The fraction of sp³-hybridized carbons (Fsp3) is 0.478. The molecule has 2 amide bonds. The van der Waals surface area contributed by atoms with Gasteiger partial charge in [0.25, 0.3) is 0 Å². The average Bonchev–Trinajstić information content (AvgIpc) is 3.23. The fourth-order valence-electron chi connectivity index (χ4n) is 5.05. The van der Waals surface area contributed by atoms with Gasteiger partial charge in [-0.05, 0) is 37.3 Å². The first-order valence-electron chi connectivity index (χ1n) is 10.6. The second-order valence-corrected chi connectivity index (χ2v) is 8.48. The minimum absolute atomic E-state index is 0.0732. The summed E-state index contributed by atoms with van der Waals surface area (Å²) in [6, 6.07) is 14.8. The lowest BCUT2D eigenvalue weighted by Gasteiger charge is -2.30. The molecule has 2 aromatic rings. The zero-order valence-corrected chi connectivity index (χ0v) is 17.2. The maximum atomic E-state index is 12.5. The van der Waals surface area contributed by atoms with Crippen LogP contribution in [0.25, 0.3) is 0 Å². The number of pyridine rings is 1. The van der Waals surface area contributed by atoms with E-state index in [0.29, 0.717) is 18.3 Å². The molecule has 0 bridgehead atoms. The van der Waals surface area contributed by atoms with Gasteiger partial charge < -0.3 is 16.0 Å². The largest absolute Gasteiger partial charge is 0.383 e. The Bertz CT molecular complexity index is 842. The molecular formula is C23H31N5O. The molecule has 2 unspecified atom stereocenters. The molecule has 4 rings (SSSR count). The number of aryl methyl sites for hydroxylation is 1. The monoisotopic (exact) mass is 393 g/mol.